The molecule has 1 unspecified atom stereocenters. The van der Waals surface area contributed by atoms with Crippen LogP contribution in [0.2, 0.25) is 0 Å². The van der Waals surface area contributed by atoms with E-state index in [0.29, 0.717) is 11.1 Å². The molecule has 110 valence electrons. The van der Waals surface area contributed by atoms with E-state index in [-0.39, 0.29) is 11.9 Å². The predicted molar refractivity (Wildman–Crippen MR) is 78.2 cm³/mol. The molecule has 2 aromatic rings. The second-order valence-electron chi connectivity index (χ2n) is 4.73. The second-order valence-corrected chi connectivity index (χ2v) is 4.73. The lowest BCUT2D eigenvalue weighted by atomic mass is 10.1. The Morgan fingerprint density at radius 3 is 2.14 bits per heavy atom. The fourth-order valence-corrected chi connectivity index (χ4v) is 2.02. The van der Waals surface area contributed by atoms with Gasteiger partial charge in [-0.25, -0.2) is 8.78 Å². The third-order valence-corrected chi connectivity index (χ3v) is 3.14. The smallest absolute Gasteiger partial charge is 0.251 e. The molecule has 1 amide bonds. The van der Waals surface area contributed by atoms with Gasteiger partial charge in [-0.2, -0.15) is 0 Å². The number of carbonyl (C=O) groups is 1. The summed E-state index contributed by atoms with van der Waals surface area (Å²) in [4.78, 5) is 11.4. The SMILES string of the molecule is CNC(=O)c1ccc(NC(C)c2cc(F)cc(F)c2)cc1. The molecule has 21 heavy (non-hydrogen) atoms. The number of anilines is 1. The van der Waals surface area contributed by atoms with Crippen molar-refractivity contribution in [3.63, 3.8) is 0 Å². The number of halogens is 2. The maximum atomic E-state index is 13.2. The van der Waals surface area contributed by atoms with Crippen LogP contribution in [0.5, 0.6) is 0 Å². The average Bonchev–Trinajstić information content (AvgIpc) is 2.46. The van der Waals surface area contributed by atoms with Crippen molar-refractivity contribution in [2.24, 2.45) is 0 Å². The van der Waals surface area contributed by atoms with E-state index < -0.39 is 11.6 Å². The normalized spacial score (nSPS) is 11.8. The van der Waals surface area contributed by atoms with Crippen LogP contribution < -0.4 is 10.6 Å². The molecule has 0 fully saturated rings. The van der Waals surface area contributed by atoms with Gasteiger partial charge in [0.25, 0.3) is 5.91 Å². The number of nitrogens with one attached hydrogen (secondary N) is 2. The highest BCUT2D eigenvalue weighted by Gasteiger charge is 2.09. The summed E-state index contributed by atoms with van der Waals surface area (Å²) in [5, 5.41) is 5.67. The molecule has 0 radical (unpaired) electrons. The van der Waals surface area contributed by atoms with E-state index in [1.54, 1.807) is 38.2 Å². The molecule has 0 saturated heterocycles. The van der Waals surface area contributed by atoms with Crippen LogP contribution in [0.3, 0.4) is 0 Å². The number of hydrogen-bond donors (Lipinski definition) is 2. The summed E-state index contributed by atoms with van der Waals surface area (Å²) in [6.07, 6.45) is 0. The molecule has 1 atom stereocenters. The predicted octanol–water partition coefficient (Wildman–Crippen LogP) is 3.50. The molecule has 0 spiro atoms. The molecule has 5 heteroatoms. The summed E-state index contributed by atoms with van der Waals surface area (Å²) in [6, 6.07) is 10.0. The van der Waals surface area contributed by atoms with Gasteiger partial charge in [0.05, 0.1) is 0 Å². The molecule has 0 aliphatic heterocycles. The highest BCUT2D eigenvalue weighted by Crippen LogP contribution is 2.21. The van der Waals surface area contributed by atoms with Crippen LogP contribution in [0.4, 0.5) is 14.5 Å². The summed E-state index contributed by atoms with van der Waals surface area (Å²) in [6.45, 7) is 1.81. The van der Waals surface area contributed by atoms with E-state index in [0.717, 1.165) is 11.8 Å². The van der Waals surface area contributed by atoms with Gasteiger partial charge in [0, 0.05) is 30.4 Å². The maximum Gasteiger partial charge on any atom is 0.251 e. The van der Waals surface area contributed by atoms with Crippen LogP contribution in [-0.4, -0.2) is 13.0 Å². The van der Waals surface area contributed by atoms with Gasteiger partial charge in [0.2, 0.25) is 0 Å². The van der Waals surface area contributed by atoms with Gasteiger partial charge in [0.1, 0.15) is 11.6 Å². The number of benzene rings is 2. The van der Waals surface area contributed by atoms with Gasteiger partial charge >= 0.3 is 0 Å². The Balaban J connectivity index is 2.12. The largest absolute Gasteiger partial charge is 0.379 e. The Hall–Kier alpha value is -2.43. The van der Waals surface area contributed by atoms with Crippen molar-refractivity contribution in [1.29, 1.82) is 0 Å². The van der Waals surface area contributed by atoms with Gasteiger partial charge < -0.3 is 10.6 Å². The summed E-state index contributed by atoms with van der Waals surface area (Å²) < 4.78 is 26.4. The number of hydrogen-bond acceptors (Lipinski definition) is 2. The molecular formula is C16H16F2N2O. The first-order valence-corrected chi connectivity index (χ1v) is 6.54. The van der Waals surface area contributed by atoms with E-state index in [1.807, 2.05) is 0 Å². The highest BCUT2D eigenvalue weighted by molar-refractivity contribution is 5.94. The molecule has 2 aromatic carbocycles. The van der Waals surface area contributed by atoms with Gasteiger partial charge in [-0.1, -0.05) is 0 Å². The zero-order chi connectivity index (χ0) is 15.4. The fraction of sp³-hybridized carbons (Fsp3) is 0.188. The highest BCUT2D eigenvalue weighted by atomic mass is 19.1. The minimum atomic E-state index is -0.603. The van der Waals surface area contributed by atoms with E-state index in [4.69, 9.17) is 0 Å². The number of amides is 1. The molecule has 0 aliphatic carbocycles. The topological polar surface area (TPSA) is 41.1 Å². The summed E-state index contributed by atoms with van der Waals surface area (Å²) in [5.41, 5.74) is 1.83. The van der Waals surface area contributed by atoms with Crippen LogP contribution in [0.1, 0.15) is 28.9 Å². The zero-order valence-corrected chi connectivity index (χ0v) is 11.8. The Morgan fingerprint density at radius 1 is 1.05 bits per heavy atom. The maximum absolute atomic E-state index is 13.2. The molecule has 3 nitrogen and oxygen atoms in total. The minimum absolute atomic E-state index is 0.165. The fourth-order valence-electron chi connectivity index (χ4n) is 2.02. The first kappa shape index (κ1) is 15.0. The van der Waals surface area contributed by atoms with E-state index >= 15 is 0 Å². The molecular weight excluding hydrogens is 274 g/mol. The van der Waals surface area contributed by atoms with Crippen LogP contribution in [-0.2, 0) is 0 Å². The molecule has 0 bridgehead atoms. The van der Waals surface area contributed by atoms with Gasteiger partial charge in [-0.15, -0.1) is 0 Å². The molecule has 0 heterocycles. The van der Waals surface area contributed by atoms with Gasteiger partial charge in [-0.3, -0.25) is 4.79 Å². The van der Waals surface area contributed by atoms with Crippen molar-refractivity contribution in [2.45, 2.75) is 13.0 Å². The lowest BCUT2D eigenvalue weighted by Gasteiger charge is -2.16. The quantitative estimate of drug-likeness (QED) is 0.905. The minimum Gasteiger partial charge on any atom is -0.379 e. The zero-order valence-electron chi connectivity index (χ0n) is 11.8. The van der Waals surface area contributed by atoms with Gasteiger partial charge in [0.15, 0.2) is 0 Å². The Labute approximate surface area is 122 Å². The lowest BCUT2D eigenvalue weighted by molar-refractivity contribution is 0.0963. The average molecular weight is 290 g/mol. The van der Waals surface area contributed by atoms with Crippen LogP contribution >= 0.6 is 0 Å². The van der Waals surface area contributed by atoms with Crippen LogP contribution in [0.25, 0.3) is 0 Å². The van der Waals surface area contributed by atoms with Crippen LogP contribution in [0, 0.1) is 11.6 Å². The first-order valence-electron chi connectivity index (χ1n) is 6.54. The third kappa shape index (κ3) is 3.78. The second kappa shape index (κ2) is 6.35. The van der Waals surface area contributed by atoms with E-state index in [2.05, 4.69) is 10.6 Å². The molecule has 2 rings (SSSR count). The summed E-state index contributed by atoms with van der Waals surface area (Å²) in [7, 11) is 1.56. The van der Waals surface area contributed by atoms with Crippen molar-refractivity contribution in [2.75, 3.05) is 12.4 Å². The monoisotopic (exact) mass is 290 g/mol. The molecule has 0 aliphatic rings. The van der Waals surface area contributed by atoms with Crippen molar-refractivity contribution in [3.05, 3.63) is 65.2 Å². The van der Waals surface area contributed by atoms with Crippen LogP contribution in [0.15, 0.2) is 42.5 Å². The van der Waals surface area contributed by atoms with Gasteiger partial charge in [-0.05, 0) is 48.9 Å². The van der Waals surface area contributed by atoms with Crippen molar-refractivity contribution >= 4 is 11.6 Å². The Morgan fingerprint density at radius 2 is 1.62 bits per heavy atom. The molecule has 0 saturated carbocycles. The standard InChI is InChI=1S/C16H16F2N2O/c1-10(12-7-13(17)9-14(18)8-12)20-15-5-3-11(4-6-15)16(21)19-2/h3-10,20H,1-2H3,(H,19,21). The van der Waals surface area contributed by atoms with Crippen molar-refractivity contribution in [3.8, 4) is 0 Å². The Kier molecular flexibility index (Phi) is 4.52. The third-order valence-electron chi connectivity index (χ3n) is 3.14. The number of rotatable bonds is 4. The summed E-state index contributed by atoms with van der Waals surface area (Å²) in [5.74, 6) is -1.37. The Bertz CT molecular complexity index is 621. The first-order chi connectivity index (χ1) is 9.99. The molecule has 0 aromatic heterocycles. The molecule has 2 N–H and O–H groups in total. The van der Waals surface area contributed by atoms with E-state index in [1.165, 1.54) is 12.1 Å². The lowest BCUT2D eigenvalue weighted by Crippen LogP contribution is -2.17. The summed E-state index contributed by atoms with van der Waals surface area (Å²) >= 11 is 0. The van der Waals surface area contributed by atoms with Crippen molar-refractivity contribution in [1.82, 2.24) is 5.32 Å². The van der Waals surface area contributed by atoms with E-state index in [9.17, 15) is 13.6 Å². The number of carbonyl (C=O) groups excluding carboxylic acids is 1. The van der Waals surface area contributed by atoms with Crippen molar-refractivity contribution < 1.29 is 13.6 Å².